The van der Waals surface area contributed by atoms with Gasteiger partial charge in [-0.25, -0.2) is 8.78 Å². The summed E-state index contributed by atoms with van der Waals surface area (Å²) in [6, 6.07) is 1.19. The van der Waals surface area contributed by atoms with Gasteiger partial charge in [-0.3, -0.25) is 4.79 Å². The molecule has 0 saturated heterocycles. The predicted molar refractivity (Wildman–Crippen MR) is 61.3 cm³/mol. The molecule has 0 fully saturated rings. The zero-order chi connectivity index (χ0) is 13.7. The third-order valence-corrected chi connectivity index (χ3v) is 2.50. The maximum atomic E-state index is 13.3. The Bertz CT molecular complexity index is 414. The molecule has 18 heavy (non-hydrogen) atoms. The van der Waals surface area contributed by atoms with Gasteiger partial charge in [-0.2, -0.15) is 0 Å². The van der Waals surface area contributed by atoms with Crippen LogP contribution in [0.15, 0.2) is 12.1 Å². The van der Waals surface area contributed by atoms with Crippen LogP contribution in [0.4, 0.5) is 8.78 Å². The number of aliphatic hydroxyl groups is 1. The number of nitrogens with one attached hydrogen (secondary N) is 1. The van der Waals surface area contributed by atoms with E-state index in [1.54, 1.807) is 6.92 Å². The fourth-order valence-corrected chi connectivity index (χ4v) is 1.43. The lowest BCUT2D eigenvalue weighted by Crippen LogP contribution is -2.27. The second kappa shape index (κ2) is 6.30. The van der Waals surface area contributed by atoms with Gasteiger partial charge in [-0.15, -0.1) is 0 Å². The van der Waals surface area contributed by atoms with Crippen molar-refractivity contribution in [3.63, 3.8) is 0 Å². The Morgan fingerprint density at radius 2 is 2.11 bits per heavy atom. The van der Waals surface area contributed by atoms with E-state index in [0.717, 1.165) is 0 Å². The van der Waals surface area contributed by atoms with Gasteiger partial charge in [0.1, 0.15) is 22.9 Å². The molecule has 1 amide bonds. The molecule has 0 saturated carbocycles. The molecule has 1 aromatic carbocycles. The van der Waals surface area contributed by atoms with E-state index >= 15 is 0 Å². The minimum Gasteiger partial charge on any atom is -0.507 e. The summed E-state index contributed by atoms with van der Waals surface area (Å²) in [7, 11) is 0. The Morgan fingerprint density at radius 3 is 2.67 bits per heavy atom. The maximum Gasteiger partial charge on any atom is 0.258 e. The second-order valence-corrected chi connectivity index (χ2v) is 3.89. The van der Waals surface area contributed by atoms with E-state index in [2.05, 4.69) is 5.32 Å². The van der Waals surface area contributed by atoms with Crippen molar-refractivity contribution in [1.29, 1.82) is 0 Å². The van der Waals surface area contributed by atoms with E-state index < -0.39 is 35.0 Å². The third kappa shape index (κ3) is 3.66. The van der Waals surface area contributed by atoms with Gasteiger partial charge >= 0.3 is 0 Å². The van der Waals surface area contributed by atoms with Crippen molar-refractivity contribution in [3.05, 3.63) is 29.3 Å². The standard InChI is InChI=1S/C12H15F2NO3/c1-2-8(16)3-4-15-12(18)11-9(14)5-7(13)6-10(11)17/h5-6,8,16-17H,2-4H2,1H3,(H,15,18). The summed E-state index contributed by atoms with van der Waals surface area (Å²) in [5.41, 5.74) is -0.595. The first kappa shape index (κ1) is 14.4. The smallest absolute Gasteiger partial charge is 0.258 e. The molecule has 4 nitrogen and oxygen atoms in total. The van der Waals surface area contributed by atoms with Crippen LogP contribution in [0.25, 0.3) is 0 Å². The molecular weight excluding hydrogens is 244 g/mol. The number of phenolic OH excluding ortho intramolecular Hbond substituents is 1. The molecular formula is C12H15F2NO3. The minimum atomic E-state index is -1.12. The first-order valence-electron chi connectivity index (χ1n) is 5.60. The van der Waals surface area contributed by atoms with Gasteiger partial charge in [-0.1, -0.05) is 6.92 Å². The van der Waals surface area contributed by atoms with Crippen molar-refractivity contribution in [1.82, 2.24) is 5.32 Å². The van der Waals surface area contributed by atoms with Crippen LogP contribution >= 0.6 is 0 Å². The number of phenols is 1. The van der Waals surface area contributed by atoms with Crippen LogP contribution in [0.5, 0.6) is 5.75 Å². The van der Waals surface area contributed by atoms with E-state index in [-0.39, 0.29) is 6.54 Å². The van der Waals surface area contributed by atoms with Gasteiger partial charge in [0.2, 0.25) is 0 Å². The zero-order valence-corrected chi connectivity index (χ0v) is 9.91. The summed E-state index contributed by atoms with van der Waals surface area (Å²) < 4.78 is 26.0. The fourth-order valence-electron chi connectivity index (χ4n) is 1.43. The number of carbonyl (C=O) groups is 1. The average molecular weight is 259 g/mol. The molecule has 0 aromatic heterocycles. The number of hydrogen-bond acceptors (Lipinski definition) is 3. The van der Waals surface area contributed by atoms with Crippen LogP contribution in [0, 0.1) is 11.6 Å². The first-order chi connectivity index (χ1) is 8.45. The quantitative estimate of drug-likeness (QED) is 0.751. The highest BCUT2D eigenvalue weighted by Crippen LogP contribution is 2.21. The van der Waals surface area contributed by atoms with E-state index in [0.29, 0.717) is 25.0 Å². The number of benzene rings is 1. The van der Waals surface area contributed by atoms with Crippen LogP contribution in [0.2, 0.25) is 0 Å². The largest absolute Gasteiger partial charge is 0.507 e. The molecule has 3 N–H and O–H groups in total. The highest BCUT2D eigenvalue weighted by atomic mass is 19.1. The molecule has 0 bridgehead atoms. The van der Waals surface area contributed by atoms with Crippen molar-refractivity contribution < 1.29 is 23.8 Å². The van der Waals surface area contributed by atoms with Crippen molar-refractivity contribution in [3.8, 4) is 5.75 Å². The number of hydrogen-bond donors (Lipinski definition) is 3. The highest BCUT2D eigenvalue weighted by Gasteiger charge is 2.18. The number of rotatable bonds is 5. The topological polar surface area (TPSA) is 69.6 Å². The summed E-state index contributed by atoms with van der Waals surface area (Å²) >= 11 is 0. The molecule has 0 aliphatic carbocycles. The molecule has 0 aliphatic rings. The average Bonchev–Trinajstić information content (AvgIpc) is 2.27. The number of aromatic hydroxyl groups is 1. The number of halogens is 2. The van der Waals surface area contributed by atoms with E-state index in [1.165, 1.54) is 0 Å². The van der Waals surface area contributed by atoms with E-state index in [1.807, 2.05) is 0 Å². The predicted octanol–water partition coefficient (Wildman–Crippen LogP) is 1.56. The minimum absolute atomic E-state index is 0.143. The Morgan fingerprint density at radius 1 is 1.44 bits per heavy atom. The summed E-state index contributed by atoms with van der Waals surface area (Å²) in [4.78, 5) is 11.6. The normalized spacial score (nSPS) is 12.2. The van der Waals surface area contributed by atoms with E-state index in [4.69, 9.17) is 0 Å². The highest BCUT2D eigenvalue weighted by molar-refractivity contribution is 5.97. The summed E-state index contributed by atoms with van der Waals surface area (Å²) in [5.74, 6) is -3.67. The monoisotopic (exact) mass is 259 g/mol. The van der Waals surface area contributed by atoms with E-state index in [9.17, 15) is 23.8 Å². The molecule has 0 heterocycles. The maximum absolute atomic E-state index is 13.3. The lowest BCUT2D eigenvalue weighted by Gasteiger charge is -2.10. The molecule has 6 heteroatoms. The third-order valence-electron chi connectivity index (χ3n) is 2.50. The molecule has 0 aliphatic heterocycles. The van der Waals surface area contributed by atoms with Crippen LogP contribution in [-0.2, 0) is 0 Å². The molecule has 1 aromatic rings. The Hall–Kier alpha value is -1.69. The van der Waals surface area contributed by atoms with Gasteiger partial charge in [0.15, 0.2) is 0 Å². The lowest BCUT2D eigenvalue weighted by atomic mass is 10.1. The number of amides is 1. The van der Waals surface area contributed by atoms with Crippen molar-refractivity contribution in [2.24, 2.45) is 0 Å². The molecule has 100 valence electrons. The molecule has 1 unspecified atom stereocenters. The van der Waals surface area contributed by atoms with Crippen molar-refractivity contribution >= 4 is 5.91 Å². The van der Waals surface area contributed by atoms with Gasteiger partial charge < -0.3 is 15.5 Å². The Kier molecular flexibility index (Phi) is 5.03. The fraction of sp³-hybridized carbons (Fsp3) is 0.417. The van der Waals surface area contributed by atoms with Crippen LogP contribution < -0.4 is 5.32 Å². The second-order valence-electron chi connectivity index (χ2n) is 3.89. The van der Waals surface area contributed by atoms with Gasteiger partial charge in [0.05, 0.1) is 6.10 Å². The van der Waals surface area contributed by atoms with Crippen LogP contribution in [-0.4, -0.2) is 28.8 Å². The number of carbonyl (C=O) groups excluding carboxylic acids is 1. The SMILES string of the molecule is CCC(O)CCNC(=O)c1c(O)cc(F)cc1F. The summed E-state index contributed by atoms with van der Waals surface area (Å²) in [6.07, 6.45) is 0.328. The molecule has 1 rings (SSSR count). The molecule has 1 atom stereocenters. The van der Waals surface area contributed by atoms with Gasteiger partial charge in [0, 0.05) is 18.7 Å². The van der Waals surface area contributed by atoms with Crippen molar-refractivity contribution in [2.45, 2.75) is 25.9 Å². The Balaban J connectivity index is 2.67. The Labute approximate surface area is 103 Å². The summed E-state index contributed by atoms with van der Waals surface area (Å²) in [5, 5.41) is 20.9. The zero-order valence-electron chi connectivity index (χ0n) is 9.91. The molecule has 0 spiro atoms. The van der Waals surface area contributed by atoms with Crippen molar-refractivity contribution in [2.75, 3.05) is 6.54 Å². The number of aliphatic hydroxyl groups excluding tert-OH is 1. The molecule has 0 radical (unpaired) electrons. The van der Waals surface area contributed by atoms with Gasteiger partial charge in [0.25, 0.3) is 5.91 Å². The lowest BCUT2D eigenvalue weighted by molar-refractivity contribution is 0.0935. The first-order valence-corrected chi connectivity index (χ1v) is 5.60. The summed E-state index contributed by atoms with van der Waals surface area (Å²) in [6.45, 7) is 1.93. The van der Waals surface area contributed by atoms with Crippen LogP contribution in [0.3, 0.4) is 0 Å². The van der Waals surface area contributed by atoms with Crippen LogP contribution in [0.1, 0.15) is 30.1 Å². The van der Waals surface area contributed by atoms with Gasteiger partial charge in [-0.05, 0) is 12.8 Å².